The van der Waals surface area contributed by atoms with Gasteiger partial charge >= 0.3 is 23.9 Å². The van der Waals surface area contributed by atoms with E-state index in [1.165, 1.54) is 120 Å². The number of esters is 4. The van der Waals surface area contributed by atoms with E-state index < -0.39 is 41.3 Å². The Morgan fingerprint density at radius 1 is 0.452 bits per heavy atom. The van der Waals surface area contributed by atoms with Crippen LogP contribution >= 0.6 is 0 Å². The maximum absolute atomic E-state index is 15.3. The van der Waals surface area contributed by atoms with Gasteiger partial charge in [-0.3, -0.25) is 0 Å². The van der Waals surface area contributed by atoms with E-state index in [-0.39, 0.29) is 59.5 Å². The van der Waals surface area contributed by atoms with Gasteiger partial charge in [-0.05, 0) is 175 Å². The van der Waals surface area contributed by atoms with Gasteiger partial charge in [-0.1, -0.05) is 114 Å². The molecule has 0 aliphatic rings. The van der Waals surface area contributed by atoms with Crippen LogP contribution in [0.3, 0.4) is 0 Å². The highest BCUT2D eigenvalue weighted by Crippen LogP contribution is 2.29. The monoisotopic (exact) mass is 1150 g/mol. The summed E-state index contributed by atoms with van der Waals surface area (Å²) < 4.78 is 63.4. The zero-order valence-corrected chi connectivity index (χ0v) is 46.8. The second kappa shape index (κ2) is 34.5. The molecule has 10 nitrogen and oxygen atoms in total. The van der Waals surface area contributed by atoms with Crippen molar-refractivity contribution in [1.82, 2.24) is 0 Å². The minimum atomic E-state index is -0.988. The first-order valence-corrected chi connectivity index (χ1v) is 27.2. The van der Waals surface area contributed by atoms with Crippen LogP contribution in [0.1, 0.15) is 150 Å². The van der Waals surface area contributed by atoms with Crippen LogP contribution in [0.2, 0.25) is 0 Å². The minimum Gasteiger partial charge on any atom is -0.494 e. The highest BCUT2D eigenvalue weighted by molar-refractivity contribution is 5.97. The van der Waals surface area contributed by atoms with Crippen molar-refractivity contribution in [1.29, 1.82) is 0 Å². The summed E-state index contributed by atoms with van der Waals surface area (Å²) in [5, 5.41) is 1.20. The number of terminal acetylenes is 1. The third kappa shape index (κ3) is 21.8. The number of carbonyl (C=O) groups is 4. The van der Waals surface area contributed by atoms with Crippen LogP contribution in [0.15, 0.2) is 132 Å². The quantitative estimate of drug-likeness (QED) is 0.0180. The highest BCUT2D eigenvalue weighted by atomic mass is 19.1. The van der Waals surface area contributed by atoms with E-state index in [9.17, 15) is 19.2 Å². The average molecular weight is 1150 g/mol. The minimum absolute atomic E-state index is 0. The molecule has 0 fully saturated rings. The average Bonchev–Trinajstić information content (AvgIpc) is 0.823. The van der Waals surface area contributed by atoms with E-state index in [4.69, 9.17) is 34.8 Å². The number of carbonyl (C=O) groups excluding carboxylic acids is 4. The van der Waals surface area contributed by atoms with Gasteiger partial charge in [0.15, 0.2) is 23.1 Å². The second-order valence-electron chi connectivity index (χ2n) is 18.8. The first-order chi connectivity index (χ1) is 40.9. The number of benzene rings is 6. The Kier molecular flexibility index (Phi) is 25.6. The van der Waals surface area contributed by atoms with Crippen molar-refractivity contribution in [2.75, 3.05) is 6.61 Å². The number of halogens is 2. The summed E-state index contributed by atoms with van der Waals surface area (Å²) in [5.41, 5.74) is 1.41. The van der Waals surface area contributed by atoms with Crippen LogP contribution in [0.4, 0.5) is 8.78 Å². The lowest BCUT2D eigenvalue weighted by atomic mass is 10.1. The first-order valence-electron chi connectivity index (χ1n) is 27.2. The van der Waals surface area contributed by atoms with E-state index in [0.717, 1.165) is 42.4 Å². The molecule has 12 heteroatoms. The molecule has 0 radical (unpaired) electrons. The SMILES string of the molecule is C#CC#CC#CC#CC#CC#CC#COc1ccc(/C=C(\C)C(=O)Oc2ccc(C(=O)Oc3ccc4ccc(OC(=O)c5ccc(OC(=O)/C(C)=C/c6ccc(OCCCCCCCCCCCCCC)cc6)c(F)c5)cc4c3)cc2F)cc1.[HH].[HH].[HH].[HH].[HH].[HH].[HH].[HH].[HH].[HH].[HH].[HH].[HH].[HH]. The Bertz CT molecular complexity index is 3910. The molecule has 0 aliphatic carbocycles. The molecule has 0 unspecified atom stereocenters. The smallest absolute Gasteiger partial charge is 0.343 e. The van der Waals surface area contributed by atoms with Crippen molar-refractivity contribution in [3.05, 3.63) is 166 Å². The molecule has 0 spiro atoms. The number of fused-ring (bicyclic) bond motifs is 1. The maximum Gasteiger partial charge on any atom is 0.343 e. The standard InChI is InChI=1S/C72H58F2O10.14H2/c1-5-7-9-11-13-15-17-19-21-23-25-27-45-79-61-37-29-55(30-38-61)47-53(3)69(75)83-67-43-35-58(51-65(67)73)71(77)81-63-41-33-57-34-42-64(50-60(57)49-63)82-72(78)59-36-44-68(66(74)52-59)84-70(76)54(4)48-56-31-39-62(40-32-56)80-46-28-26-24-22-20-18-16-14-12-10-8-6-2;;;;;;;;;;;;;;/h1,29-44,47-52H,6,8,10,12,14,16,18,20,22,24,26,28,46H2,2-4H3;14*1H/b53-47+,54-48+;;;;;;;;;;;;;;. The summed E-state index contributed by atoms with van der Waals surface area (Å²) in [6, 6.07) is 29.9. The molecule has 0 heterocycles. The normalized spacial score (nSPS) is 10.3. The summed E-state index contributed by atoms with van der Waals surface area (Å²) in [6.07, 6.45) is 25.9. The van der Waals surface area contributed by atoms with Gasteiger partial charge in [-0.25, -0.2) is 28.0 Å². The third-order valence-corrected chi connectivity index (χ3v) is 12.3. The summed E-state index contributed by atoms with van der Waals surface area (Å²) in [5.74, 6) is 24.4. The first kappa shape index (κ1) is 62.5. The van der Waals surface area contributed by atoms with Gasteiger partial charge in [-0.15, -0.1) is 6.42 Å². The molecule has 0 aliphatic heterocycles. The molecule has 0 saturated heterocycles. The van der Waals surface area contributed by atoms with E-state index in [1.807, 2.05) is 24.3 Å². The van der Waals surface area contributed by atoms with Crippen molar-refractivity contribution < 1.29 is 76.4 Å². The number of rotatable bonds is 25. The third-order valence-electron chi connectivity index (χ3n) is 12.3. The molecule has 0 saturated carbocycles. The molecule has 0 aromatic heterocycles. The zero-order chi connectivity index (χ0) is 59.7. The van der Waals surface area contributed by atoms with Gasteiger partial charge in [0.05, 0.1) is 17.7 Å². The molecule has 6 aromatic rings. The van der Waals surface area contributed by atoms with Crippen molar-refractivity contribution in [2.45, 2.75) is 97.8 Å². The maximum atomic E-state index is 15.3. The zero-order valence-electron chi connectivity index (χ0n) is 46.8. The van der Waals surface area contributed by atoms with Gasteiger partial charge in [0.25, 0.3) is 0 Å². The fourth-order valence-corrected chi connectivity index (χ4v) is 7.91. The molecule has 0 bridgehead atoms. The van der Waals surface area contributed by atoms with Crippen LogP contribution in [-0.2, 0) is 9.59 Å². The molecule has 0 N–H and O–H groups in total. The molecule has 448 valence electrons. The van der Waals surface area contributed by atoms with Crippen LogP contribution in [0.25, 0.3) is 22.9 Å². The molecule has 6 aromatic carbocycles. The van der Waals surface area contributed by atoms with Gasteiger partial charge in [0.2, 0.25) is 0 Å². The number of hydrogen-bond acceptors (Lipinski definition) is 10. The Labute approximate surface area is 510 Å². The van der Waals surface area contributed by atoms with Gasteiger partial charge in [0.1, 0.15) is 29.1 Å². The number of ether oxygens (including phenoxy) is 6. The van der Waals surface area contributed by atoms with Crippen LogP contribution in [-0.4, -0.2) is 30.5 Å². The second-order valence-corrected chi connectivity index (χ2v) is 18.8. The van der Waals surface area contributed by atoms with Crippen LogP contribution < -0.4 is 28.4 Å². The fraction of sp³-hybridized carbons (Fsp3) is 0.222. The van der Waals surface area contributed by atoms with Crippen molar-refractivity contribution in [3.8, 4) is 118 Å². The van der Waals surface area contributed by atoms with Gasteiger partial charge < -0.3 is 28.4 Å². The van der Waals surface area contributed by atoms with E-state index in [1.54, 1.807) is 49.4 Å². The molecule has 0 amide bonds. The molecular formula is C72H86F2O10. The van der Waals surface area contributed by atoms with Crippen LogP contribution in [0.5, 0.6) is 34.5 Å². The highest BCUT2D eigenvalue weighted by Gasteiger charge is 2.19. The van der Waals surface area contributed by atoms with E-state index >= 15 is 8.78 Å². The van der Waals surface area contributed by atoms with Gasteiger partial charge in [-0.2, -0.15) is 0 Å². The van der Waals surface area contributed by atoms with Crippen molar-refractivity contribution in [2.24, 2.45) is 0 Å². The van der Waals surface area contributed by atoms with E-state index in [2.05, 4.69) is 84.1 Å². The summed E-state index contributed by atoms with van der Waals surface area (Å²) in [4.78, 5) is 52.2. The number of hydrogen-bond donors (Lipinski definition) is 0. The largest absolute Gasteiger partial charge is 0.494 e. The Morgan fingerprint density at radius 3 is 1.30 bits per heavy atom. The molecule has 0 atom stereocenters. The lowest BCUT2D eigenvalue weighted by molar-refractivity contribution is -0.131. The predicted octanol–water partition coefficient (Wildman–Crippen LogP) is 18.1. The fourth-order valence-electron chi connectivity index (χ4n) is 7.91. The van der Waals surface area contributed by atoms with Crippen molar-refractivity contribution in [3.63, 3.8) is 0 Å². The Hall–Kier alpha value is -10.7. The predicted molar refractivity (Wildman–Crippen MR) is 350 cm³/mol. The lowest BCUT2D eigenvalue weighted by Gasteiger charge is -2.10. The van der Waals surface area contributed by atoms with E-state index in [0.29, 0.717) is 28.7 Å². The Morgan fingerprint density at radius 2 is 0.857 bits per heavy atom. The lowest BCUT2D eigenvalue weighted by Crippen LogP contribution is -2.12. The van der Waals surface area contributed by atoms with Crippen molar-refractivity contribution >= 4 is 46.8 Å². The van der Waals surface area contributed by atoms with Gasteiger partial charge in [0, 0.05) is 66.6 Å². The Balaban J connectivity index is -0.000000808. The summed E-state index contributed by atoms with van der Waals surface area (Å²) >= 11 is 0. The summed E-state index contributed by atoms with van der Waals surface area (Å²) in [7, 11) is 0. The molecule has 6 rings (SSSR count). The number of unbranched alkanes of at least 4 members (excludes halogenated alkanes) is 11. The molecular weight excluding hydrogens is 1060 g/mol. The van der Waals surface area contributed by atoms with Crippen LogP contribution in [0, 0.1) is 95.2 Å². The topological polar surface area (TPSA) is 124 Å². The summed E-state index contributed by atoms with van der Waals surface area (Å²) in [6.45, 7) is 5.93. The molecule has 84 heavy (non-hydrogen) atoms.